The number of nitrogens with zero attached hydrogens (tertiary/aromatic N) is 7. The minimum Gasteiger partial charge on any atom is -0.484 e. The summed E-state index contributed by atoms with van der Waals surface area (Å²) in [5.41, 5.74) is 8.44. The summed E-state index contributed by atoms with van der Waals surface area (Å²) >= 11 is 0. The van der Waals surface area contributed by atoms with Crippen LogP contribution in [-0.4, -0.2) is 73.8 Å². The van der Waals surface area contributed by atoms with Crippen molar-refractivity contribution < 1.29 is 14.3 Å². The largest absolute Gasteiger partial charge is 0.484 e. The molecular weight excluding hydrogens is 544 g/mol. The molecule has 43 heavy (non-hydrogen) atoms. The SMILES string of the molecule is CCn1c2ccc(OCC(=O)N3CCN(c4cnccn4)CC3)cc2c2c3c(c4c(c21)CCc1nn(C)cc1-4)C(=O)NC3. The standard InChI is InChI=1S/C32H32N8O3/c1-3-40-25-7-4-19(43-18-27(41)39-12-10-38(11-13-39)26-16-33-8-9-34-26)14-21(25)29-22-15-35-32(42)30(22)28-20(31(29)40)5-6-24-23(28)17-37(2)36-24/h4,7-9,14,16-17H,3,5-6,10-13,15,18H2,1-2H3,(H,35,42). The number of aryl methyl sites for hydroxylation is 4. The normalized spacial score (nSPS) is 15.9. The van der Waals surface area contributed by atoms with Crippen molar-refractivity contribution in [2.75, 3.05) is 37.7 Å². The molecule has 11 nitrogen and oxygen atoms in total. The first-order chi connectivity index (χ1) is 21.0. The van der Waals surface area contributed by atoms with Gasteiger partial charge in [0.25, 0.3) is 11.8 Å². The Morgan fingerprint density at radius 2 is 1.93 bits per heavy atom. The van der Waals surface area contributed by atoms with E-state index in [-0.39, 0.29) is 18.4 Å². The first kappa shape index (κ1) is 25.8. The number of hydrogen-bond acceptors (Lipinski definition) is 7. The van der Waals surface area contributed by atoms with Crippen LogP contribution in [0.3, 0.4) is 0 Å². The van der Waals surface area contributed by atoms with E-state index in [1.54, 1.807) is 18.6 Å². The third kappa shape index (κ3) is 3.98. The molecule has 2 aromatic carbocycles. The monoisotopic (exact) mass is 576 g/mol. The Hall–Kier alpha value is -4.93. The van der Waals surface area contributed by atoms with Gasteiger partial charge in [-0.1, -0.05) is 0 Å². The fraction of sp³-hybridized carbons (Fsp3) is 0.344. The number of carbonyl (C=O) groups is 2. The summed E-state index contributed by atoms with van der Waals surface area (Å²) in [5.74, 6) is 1.41. The maximum absolute atomic E-state index is 13.3. The molecule has 1 aliphatic carbocycles. The molecule has 1 N–H and O–H groups in total. The Labute approximate surface area is 248 Å². The number of ether oxygens (including phenoxy) is 1. The van der Waals surface area contributed by atoms with Crippen molar-refractivity contribution in [1.82, 2.24) is 34.5 Å². The van der Waals surface area contributed by atoms with E-state index in [1.165, 1.54) is 11.1 Å². The van der Waals surface area contributed by atoms with Crippen molar-refractivity contribution in [2.24, 2.45) is 7.05 Å². The van der Waals surface area contributed by atoms with Gasteiger partial charge in [-0.3, -0.25) is 19.3 Å². The second kappa shape index (κ2) is 9.82. The molecule has 0 radical (unpaired) electrons. The molecule has 0 saturated carbocycles. The van der Waals surface area contributed by atoms with E-state index >= 15 is 0 Å². The minimum absolute atomic E-state index is 0.0274. The van der Waals surface area contributed by atoms with E-state index in [1.807, 2.05) is 35.0 Å². The fourth-order valence-electron chi connectivity index (χ4n) is 7.19. The lowest BCUT2D eigenvalue weighted by molar-refractivity contribution is -0.133. The van der Waals surface area contributed by atoms with Crippen molar-refractivity contribution in [3.8, 4) is 16.9 Å². The summed E-state index contributed by atoms with van der Waals surface area (Å²) in [7, 11) is 1.94. The van der Waals surface area contributed by atoms with Crippen LogP contribution in [0.5, 0.6) is 5.75 Å². The van der Waals surface area contributed by atoms with Crippen LogP contribution >= 0.6 is 0 Å². The molecule has 2 aliphatic heterocycles. The van der Waals surface area contributed by atoms with Crippen LogP contribution in [0.4, 0.5) is 5.82 Å². The van der Waals surface area contributed by atoms with Crippen LogP contribution in [-0.2, 0) is 37.8 Å². The molecule has 0 bridgehead atoms. The summed E-state index contributed by atoms with van der Waals surface area (Å²) < 4.78 is 10.3. The van der Waals surface area contributed by atoms with E-state index in [9.17, 15) is 9.59 Å². The number of piperazine rings is 1. The van der Waals surface area contributed by atoms with Gasteiger partial charge in [-0.15, -0.1) is 0 Å². The van der Waals surface area contributed by atoms with Crippen molar-refractivity contribution in [1.29, 1.82) is 0 Å². The lowest BCUT2D eigenvalue weighted by Crippen LogP contribution is -2.50. The highest BCUT2D eigenvalue weighted by Gasteiger charge is 2.35. The van der Waals surface area contributed by atoms with Crippen LogP contribution in [0, 0.1) is 0 Å². The molecular formula is C32H32N8O3. The zero-order valence-corrected chi connectivity index (χ0v) is 24.3. The fourth-order valence-corrected chi connectivity index (χ4v) is 7.19. The second-order valence-corrected chi connectivity index (χ2v) is 11.4. The molecule has 1 fully saturated rings. The van der Waals surface area contributed by atoms with E-state index in [0.717, 1.165) is 69.4 Å². The lowest BCUT2D eigenvalue weighted by atomic mass is 9.82. The van der Waals surface area contributed by atoms with Gasteiger partial charge in [0.1, 0.15) is 11.6 Å². The highest BCUT2D eigenvalue weighted by Crippen LogP contribution is 2.47. The molecule has 11 heteroatoms. The number of benzene rings is 2. The average Bonchev–Trinajstić information content (AvgIpc) is 3.72. The lowest BCUT2D eigenvalue weighted by Gasteiger charge is -2.35. The van der Waals surface area contributed by atoms with E-state index < -0.39 is 0 Å². The number of rotatable bonds is 5. The van der Waals surface area contributed by atoms with Gasteiger partial charge in [0, 0.05) is 92.3 Å². The topological polar surface area (TPSA) is 110 Å². The Kier molecular flexibility index (Phi) is 5.88. The molecule has 0 atom stereocenters. The third-order valence-corrected chi connectivity index (χ3v) is 9.10. The van der Waals surface area contributed by atoms with Crippen molar-refractivity contribution in [2.45, 2.75) is 32.9 Å². The summed E-state index contributed by atoms with van der Waals surface area (Å²) in [4.78, 5) is 38.9. The van der Waals surface area contributed by atoms with Crippen LogP contribution in [0.25, 0.3) is 32.9 Å². The number of fused-ring (bicyclic) bond motifs is 10. The predicted molar refractivity (Wildman–Crippen MR) is 162 cm³/mol. The number of amides is 2. The Balaban J connectivity index is 1.12. The van der Waals surface area contributed by atoms with Gasteiger partial charge >= 0.3 is 0 Å². The summed E-state index contributed by atoms with van der Waals surface area (Å²) in [6.07, 6.45) is 8.81. The Morgan fingerprint density at radius 3 is 2.72 bits per heavy atom. The van der Waals surface area contributed by atoms with E-state index in [0.29, 0.717) is 38.5 Å². The zero-order valence-electron chi connectivity index (χ0n) is 24.3. The van der Waals surface area contributed by atoms with Crippen molar-refractivity contribution in [3.05, 3.63) is 65.4 Å². The molecule has 0 spiro atoms. The number of hydrogen-bond donors (Lipinski definition) is 1. The predicted octanol–water partition coefficient (Wildman–Crippen LogP) is 3.07. The van der Waals surface area contributed by atoms with Gasteiger partial charge in [0.05, 0.1) is 23.0 Å². The Bertz CT molecular complexity index is 1940. The highest BCUT2D eigenvalue weighted by atomic mass is 16.5. The summed E-state index contributed by atoms with van der Waals surface area (Å²) in [5, 5.41) is 9.93. The molecule has 3 aliphatic rings. The molecule has 1 saturated heterocycles. The van der Waals surface area contributed by atoms with Crippen LogP contribution in [0.2, 0.25) is 0 Å². The maximum Gasteiger partial charge on any atom is 0.260 e. The highest BCUT2D eigenvalue weighted by molar-refractivity contribution is 6.19. The quantitative estimate of drug-likeness (QED) is 0.342. The third-order valence-electron chi connectivity index (χ3n) is 9.10. The van der Waals surface area contributed by atoms with E-state index in [2.05, 4.69) is 42.8 Å². The van der Waals surface area contributed by atoms with Crippen molar-refractivity contribution in [3.63, 3.8) is 0 Å². The zero-order chi connectivity index (χ0) is 29.2. The van der Waals surface area contributed by atoms with Gasteiger partial charge in [-0.25, -0.2) is 4.98 Å². The molecule has 5 aromatic rings. The number of anilines is 1. The minimum atomic E-state index is -0.0353. The van der Waals surface area contributed by atoms with Crippen LogP contribution in [0.1, 0.15) is 34.1 Å². The first-order valence-electron chi connectivity index (χ1n) is 14.9. The molecule has 2 amide bonds. The summed E-state index contributed by atoms with van der Waals surface area (Å²) in [6, 6.07) is 6.07. The van der Waals surface area contributed by atoms with Crippen molar-refractivity contribution >= 4 is 39.4 Å². The average molecular weight is 577 g/mol. The van der Waals surface area contributed by atoms with E-state index in [4.69, 9.17) is 4.74 Å². The van der Waals surface area contributed by atoms with Gasteiger partial charge in [0.15, 0.2) is 6.61 Å². The van der Waals surface area contributed by atoms with Gasteiger partial charge in [0.2, 0.25) is 0 Å². The smallest absolute Gasteiger partial charge is 0.260 e. The molecule has 5 heterocycles. The summed E-state index contributed by atoms with van der Waals surface area (Å²) in [6.45, 7) is 6.04. The maximum atomic E-state index is 13.3. The Morgan fingerprint density at radius 1 is 1.07 bits per heavy atom. The van der Waals surface area contributed by atoms with Gasteiger partial charge in [-0.05, 0) is 49.1 Å². The number of nitrogens with one attached hydrogen (secondary N) is 1. The first-order valence-corrected chi connectivity index (χ1v) is 14.9. The number of carbonyl (C=O) groups excluding carboxylic acids is 2. The second-order valence-electron chi connectivity index (χ2n) is 11.4. The molecule has 0 unspecified atom stereocenters. The molecule has 218 valence electrons. The van der Waals surface area contributed by atoms with Crippen LogP contribution in [0.15, 0.2) is 43.0 Å². The van der Waals surface area contributed by atoms with Crippen LogP contribution < -0.4 is 15.0 Å². The number of aromatic nitrogens is 5. The van der Waals surface area contributed by atoms with Gasteiger partial charge < -0.3 is 24.4 Å². The molecule has 3 aromatic heterocycles. The molecule has 8 rings (SSSR count). The van der Waals surface area contributed by atoms with Gasteiger partial charge in [-0.2, -0.15) is 5.10 Å².